The van der Waals surface area contributed by atoms with Crippen molar-refractivity contribution in [2.75, 3.05) is 38.0 Å². The number of carbonyl (C=O) groups is 4. The van der Waals surface area contributed by atoms with E-state index in [0.717, 1.165) is 11.1 Å². The molecule has 4 rings (SSSR count). The molecule has 15 heteroatoms. The normalized spacial score (nSPS) is 32.5. The van der Waals surface area contributed by atoms with Crippen molar-refractivity contribution in [3.8, 4) is 5.75 Å². The number of methoxy groups -OCH3 is 2. The average molecular weight is 757 g/mol. The van der Waals surface area contributed by atoms with Gasteiger partial charge in [0.1, 0.15) is 34.7 Å². The molecular formula is C33H43BrClN3O10. The molecule has 0 aromatic heterocycles. The number of aliphatic hydroxyl groups is 1. The first-order valence-corrected chi connectivity index (χ1v) is 17.1. The van der Waals surface area contributed by atoms with E-state index in [4.69, 9.17) is 35.3 Å². The number of ether oxygens (including phenoxy) is 5. The Labute approximate surface area is 293 Å². The van der Waals surface area contributed by atoms with E-state index in [-0.39, 0.29) is 42.1 Å². The minimum absolute atomic E-state index is 0.0368. The number of alkyl carbamates (subject to hydrolysis) is 1. The second kappa shape index (κ2) is 15.6. The number of nitrogens with one attached hydrogen (secondary N) is 2. The summed E-state index contributed by atoms with van der Waals surface area (Å²) in [6.45, 7) is 5.47. The smallest absolute Gasteiger partial charge is 0.409 e. The Balaban J connectivity index is 1.74. The van der Waals surface area contributed by atoms with Crippen LogP contribution in [0, 0.1) is 5.92 Å². The van der Waals surface area contributed by atoms with Gasteiger partial charge in [-0.1, -0.05) is 58.3 Å². The van der Waals surface area contributed by atoms with E-state index in [1.54, 1.807) is 45.2 Å². The number of benzene rings is 1. The molecule has 264 valence electrons. The highest BCUT2D eigenvalue weighted by atomic mass is 79.9. The molecule has 1 aromatic rings. The molecule has 48 heavy (non-hydrogen) atoms. The number of amides is 3. The van der Waals surface area contributed by atoms with Crippen LogP contribution in [0.15, 0.2) is 35.9 Å². The predicted molar refractivity (Wildman–Crippen MR) is 180 cm³/mol. The summed E-state index contributed by atoms with van der Waals surface area (Å²) in [5.41, 5.74) is -0.818. The Morgan fingerprint density at radius 3 is 2.67 bits per heavy atom. The Morgan fingerprint density at radius 2 is 2.00 bits per heavy atom. The lowest BCUT2D eigenvalue weighted by atomic mass is 9.83. The number of allylic oxidation sites excluding steroid dienone is 3. The number of halogens is 2. The van der Waals surface area contributed by atoms with Gasteiger partial charge < -0.3 is 39.0 Å². The lowest BCUT2D eigenvalue weighted by molar-refractivity contribution is -0.153. The summed E-state index contributed by atoms with van der Waals surface area (Å²) in [6.07, 6.45) is 1.00. The molecule has 2 saturated heterocycles. The summed E-state index contributed by atoms with van der Waals surface area (Å²) in [6, 6.07) is 3.58. The number of epoxide rings is 1. The highest BCUT2D eigenvalue weighted by Crippen LogP contribution is 2.49. The third-order valence-electron chi connectivity index (χ3n) is 9.00. The van der Waals surface area contributed by atoms with Gasteiger partial charge in [-0.2, -0.15) is 0 Å². The van der Waals surface area contributed by atoms with E-state index < -0.39 is 59.6 Å². The van der Waals surface area contributed by atoms with Crippen LogP contribution in [0.2, 0.25) is 5.02 Å². The molecule has 0 spiro atoms. The van der Waals surface area contributed by atoms with Gasteiger partial charge in [-0.3, -0.25) is 19.7 Å². The highest BCUT2D eigenvalue weighted by molar-refractivity contribution is 9.09. The van der Waals surface area contributed by atoms with E-state index in [1.165, 1.54) is 19.1 Å². The first-order valence-electron chi connectivity index (χ1n) is 15.6. The number of hydrogen-bond acceptors (Lipinski definition) is 10. The largest absolute Gasteiger partial charge is 0.495 e. The first-order chi connectivity index (χ1) is 22.6. The summed E-state index contributed by atoms with van der Waals surface area (Å²) in [5, 5.41) is 17.0. The molecule has 4 bridgehead atoms. The zero-order chi connectivity index (χ0) is 35.4. The molecule has 2 fully saturated rings. The summed E-state index contributed by atoms with van der Waals surface area (Å²) >= 11 is 9.76. The van der Waals surface area contributed by atoms with Crippen molar-refractivity contribution in [1.82, 2.24) is 10.6 Å². The molecule has 7 unspecified atom stereocenters. The monoisotopic (exact) mass is 755 g/mol. The Kier molecular flexibility index (Phi) is 12.2. The van der Waals surface area contributed by atoms with Crippen LogP contribution in [0.4, 0.5) is 10.5 Å². The van der Waals surface area contributed by atoms with Gasteiger partial charge in [0.15, 0.2) is 5.72 Å². The number of hydrogen-bond donors (Lipinski definition) is 3. The van der Waals surface area contributed by atoms with Gasteiger partial charge in [0.2, 0.25) is 11.8 Å². The number of alkyl halides is 1. The van der Waals surface area contributed by atoms with Crippen LogP contribution in [0.25, 0.3) is 0 Å². The maximum Gasteiger partial charge on any atom is 0.409 e. The molecule has 3 aliphatic heterocycles. The van der Waals surface area contributed by atoms with Gasteiger partial charge in [-0.25, -0.2) is 4.79 Å². The second-order valence-corrected chi connectivity index (χ2v) is 13.4. The average Bonchev–Trinajstić information content (AvgIpc) is 3.73. The number of fused-ring (bicyclic) bond motifs is 5. The van der Waals surface area contributed by atoms with Crippen LogP contribution >= 0.6 is 27.5 Å². The molecule has 13 nitrogen and oxygen atoms in total. The third kappa shape index (κ3) is 8.51. The molecule has 0 saturated carbocycles. The van der Waals surface area contributed by atoms with Gasteiger partial charge in [0.25, 0.3) is 0 Å². The summed E-state index contributed by atoms with van der Waals surface area (Å²) in [4.78, 5) is 52.7. The number of carbonyl (C=O) groups excluding carboxylic acids is 4. The minimum Gasteiger partial charge on any atom is -0.495 e. The number of nitrogens with zero attached hydrogens (tertiary/aromatic N) is 1. The summed E-state index contributed by atoms with van der Waals surface area (Å²) in [7, 11) is 4.49. The topological polar surface area (TPSA) is 165 Å². The van der Waals surface area contributed by atoms with E-state index in [1.807, 2.05) is 13.0 Å². The standard InChI is InChI=1S/C33H43BrClN3O10/c1-18-8-7-9-24(45-6)33(43)16-23(46-31(42)37-33)19(2)30-32(3,48-30)25(47-28(41)10-11-36-26(39)17-34)15-27(40)38(4)21-13-20(12-18)14-22(44-5)29(21)35/h7-9,13-14,19,23-25,30,43H,10-12,15-17H2,1-6H3,(H,36,39)(H,37,42)/b9-7+,18-8+. The van der Waals surface area contributed by atoms with Crippen molar-refractivity contribution in [1.29, 1.82) is 0 Å². The fourth-order valence-corrected chi connectivity index (χ4v) is 6.69. The van der Waals surface area contributed by atoms with Crippen molar-refractivity contribution < 1.29 is 48.0 Å². The predicted octanol–water partition coefficient (Wildman–Crippen LogP) is 3.57. The van der Waals surface area contributed by atoms with Crippen LogP contribution in [0.5, 0.6) is 5.75 Å². The van der Waals surface area contributed by atoms with Crippen molar-refractivity contribution in [3.63, 3.8) is 0 Å². The number of anilines is 1. The summed E-state index contributed by atoms with van der Waals surface area (Å²) < 4.78 is 28.8. The molecule has 0 radical (unpaired) electrons. The number of rotatable bonds is 7. The van der Waals surface area contributed by atoms with Gasteiger partial charge in [-0.05, 0) is 38.0 Å². The number of esters is 1. The first kappa shape index (κ1) is 37.6. The van der Waals surface area contributed by atoms with Crippen LogP contribution in [-0.2, 0) is 39.8 Å². The molecule has 1 aromatic carbocycles. The van der Waals surface area contributed by atoms with Crippen LogP contribution in [-0.4, -0.2) is 97.9 Å². The fraction of sp³-hybridized carbons (Fsp3) is 0.576. The van der Waals surface area contributed by atoms with E-state index in [9.17, 15) is 24.3 Å². The molecule has 3 amide bonds. The molecule has 7 atom stereocenters. The Bertz CT molecular complexity index is 1470. The third-order valence-corrected chi connectivity index (χ3v) is 9.89. The van der Waals surface area contributed by atoms with Crippen molar-refractivity contribution in [2.45, 2.75) is 82.2 Å². The maximum atomic E-state index is 13.9. The van der Waals surface area contributed by atoms with Gasteiger partial charge in [-0.15, -0.1) is 0 Å². The lowest BCUT2D eigenvalue weighted by Crippen LogP contribution is -2.63. The van der Waals surface area contributed by atoms with Gasteiger partial charge in [0, 0.05) is 33.0 Å². The van der Waals surface area contributed by atoms with E-state index >= 15 is 0 Å². The second-order valence-electron chi connectivity index (χ2n) is 12.5. The van der Waals surface area contributed by atoms with Crippen molar-refractivity contribution in [3.05, 3.63) is 46.5 Å². The maximum absolute atomic E-state index is 13.9. The van der Waals surface area contributed by atoms with E-state index in [2.05, 4.69) is 26.6 Å². The molecule has 3 aliphatic rings. The zero-order valence-electron chi connectivity index (χ0n) is 27.8. The van der Waals surface area contributed by atoms with E-state index in [0.29, 0.717) is 17.9 Å². The van der Waals surface area contributed by atoms with Gasteiger partial charge >= 0.3 is 12.1 Å². The van der Waals surface area contributed by atoms with Crippen LogP contribution < -0.4 is 20.3 Å². The molecule has 3 heterocycles. The zero-order valence-corrected chi connectivity index (χ0v) is 30.2. The van der Waals surface area contributed by atoms with Gasteiger partial charge in [0.05, 0.1) is 37.1 Å². The lowest BCUT2D eigenvalue weighted by Gasteiger charge is -2.42. The highest BCUT2D eigenvalue weighted by Gasteiger charge is 2.64. The quantitative estimate of drug-likeness (QED) is 0.213. The SMILES string of the molecule is COc1cc2cc(c1Cl)N(C)C(=O)CC(OC(=O)CCNC(=O)CBr)C1(C)OC1C(C)C1CC(O)(NC(=O)O1)C(OC)/C=C/C=C(\C)C2. The van der Waals surface area contributed by atoms with Crippen LogP contribution in [0.1, 0.15) is 45.6 Å². The molecule has 0 aliphatic carbocycles. The molecule has 3 N–H and O–H groups in total. The summed E-state index contributed by atoms with van der Waals surface area (Å²) in [5.74, 6) is -1.47. The van der Waals surface area contributed by atoms with Crippen LogP contribution in [0.3, 0.4) is 0 Å². The van der Waals surface area contributed by atoms with Crippen molar-refractivity contribution in [2.24, 2.45) is 5.92 Å². The minimum atomic E-state index is -1.81. The molecular weight excluding hydrogens is 714 g/mol. The fourth-order valence-electron chi connectivity index (χ4n) is 6.17. The van der Waals surface area contributed by atoms with Crippen molar-refractivity contribution >= 4 is 57.1 Å². The Morgan fingerprint density at radius 1 is 1.27 bits per heavy atom. The Hall–Kier alpha value is -3.17.